The number of ether oxygens (including phenoxy) is 1. The lowest BCUT2D eigenvalue weighted by molar-refractivity contribution is 0.102. The van der Waals surface area contributed by atoms with Crippen molar-refractivity contribution >= 4 is 11.6 Å². The molecule has 0 unspecified atom stereocenters. The van der Waals surface area contributed by atoms with Crippen molar-refractivity contribution in [2.24, 2.45) is 0 Å². The van der Waals surface area contributed by atoms with Crippen LogP contribution in [0, 0.1) is 18.3 Å². The Labute approximate surface area is 172 Å². The molecular formula is C22H16N6O2. The first-order chi connectivity index (χ1) is 14.6. The Kier molecular flexibility index (Phi) is 5.17. The second-order valence-electron chi connectivity index (χ2n) is 6.32. The highest BCUT2D eigenvalue weighted by atomic mass is 16.5. The minimum absolute atomic E-state index is 0.294. The lowest BCUT2D eigenvalue weighted by Crippen LogP contribution is -2.13. The number of nitriles is 1. The zero-order valence-corrected chi connectivity index (χ0v) is 16.0. The second-order valence-corrected chi connectivity index (χ2v) is 6.32. The average Bonchev–Trinajstić information content (AvgIpc) is 3.17. The van der Waals surface area contributed by atoms with E-state index in [-0.39, 0.29) is 5.91 Å². The molecule has 0 radical (unpaired) electrons. The number of nitrogens with zero attached hydrogens (tertiary/aromatic N) is 5. The zero-order valence-electron chi connectivity index (χ0n) is 16.0. The molecule has 8 heteroatoms. The Morgan fingerprint density at radius 1 is 1.07 bits per heavy atom. The maximum atomic E-state index is 12.6. The van der Waals surface area contributed by atoms with Gasteiger partial charge >= 0.3 is 0 Å². The highest BCUT2D eigenvalue weighted by Crippen LogP contribution is 2.21. The normalized spacial score (nSPS) is 10.3. The van der Waals surface area contributed by atoms with Crippen LogP contribution in [0.3, 0.4) is 0 Å². The molecule has 0 fully saturated rings. The molecule has 0 bridgehead atoms. The van der Waals surface area contributed by atoms with Crippen molar-refractivity contribution in [2.75, 3.05) is 5.32 Å². The zero-order chi connectivity index (χ0) is 20.9. The third-order valence-corrected chi connectivity index (χ3v) is 4.32. The van der Waals surface area contributed by atoms with E-state index in [0.29, 0.717) is 40.0 Å². The third-order valence-electron chi connectivity index (χ3n) is 4.32. The van der Waals surface area contributed by atoms with Crippen LogP contribution in [0.2, 0.25) is 0 Å². The van der Waals surface area contributed by atoms with Gasteiger partial charge in [-0.05, 0) is 49.4 Å². The number of rotatable bonds is 5. The minimum atomic E-state index is -0.294. The number of carbonyl (C=O) groups is 1. The molecule has 0 saturated heterocycles. The van der Waals surface area contributed by atoms with Crippen LogP contribution < -0.4 is 10.1 Å². The predicted molar refractivity (Wildman–Crippen MR) is 110 cm³/mol. The maximum absolute atomic E-state index is 12.6. The summed E-state index contributed by atoms with van der Waals surface area (Å²) in [5, 5.41) is 15.9. The van der Waals surface area contributed by atoms with E-state index in [2.05, 4.69) is 26.5 Å². The number of hydrogen-bond acceptors (Lipinski definition) is 6. The molecule has 1 N–H and O–H groups in total. The van der Waals surface area contributed by atoms with E-state index < -0.39 is 0 Å². The van der Waals surface area contributed by atoms with Gasteiger partial charge in [0, 0.05) is 12.3 Å². The third kappa shape index (κ3) is 4.00. The first-order valence-corrected chi connectivity index (χ1v) is 9.05. The Hall–Kier alpha value is -4.51. The average molecular weight is 396 g/mol. The number of aromatic nitrogens is 4. The van der Waals surface area contributed by atoms with Crippen LogP contribution in [0.5, 0.6) is 11.6 Å². The van der Waals surface area contributed by atoms with Gasteiger partial charge in [-0.15, -0.1) is 0 Å². The van der Waals surface area contributed by atoms with Gasteiger partial charge in [-0.25, -0.2) is 14.6 Å². The standard InChI is InChI=1S/C22H16N6O2/c1-15-19(14-26-28(15)20-4-2-3-11-24-20)22(29)27-17-7-10-21(25-13-17)30-18-8-5-16(12-23)6-9-18/h2-11,13-14H,1H3,(H,27,29). The SMILES string of the molecule is Cc1c(C(=O)Nc2ccc(Oc3ccc(C#N)cc3)nc2)cnn1-c1ccccn1. The Bertz CT molecular complexity index is 1210. The first kappa shape index (κ1) is 18.8. The van der Waals surface area contributed by atoms with Crippen molar-refractivity contribution in [1.29, 1.82) is 5.26 Å². The van der Waals surface area contributed by atoms with Crippen molar-refractivity contribution in [3.8, 4) is 23.5 Å². The molecular weight excluding hydrogens is 380 g/mol. The van der Waals surface area contributed by atoms with Gasteiger partial charge in [0.2, 0.25) is 5.88 Å². The van der Waals surface area contributed by atoms with Crippen LogP contribution >= 0.6 is 0 Å². The van der Waals surface area contributed by atoms with E-state index in [1.165, 1.54) is 12.4 Å². The van der Waals surface area contributed by atoms with Crippen LogP contribution in [0.4, 0.5) is 5.69 Å². The van der Waals surface area contributed by atoms with Crippen molar-refractivity contribution in [1.82, 2.24) is 19.7 Å². The van der Waals surface area contributed by atoms with Crippen molar-refractivity contribution in [2.45, 2.75) is 6.92 Å². The smallest absolute Gasteiger partial charge is 0.259 e. The van der Waals surface area contributed by atoms with Crippen molar-refractivity contribution in [3.05, 3.63) is 90.0 Å². The molecule has 8 nitrogen and oxygen atoms in total. The molecule has 1 amide bonds. The summed E-state index contributed by atoms with van der Waals surface area (Å²) in [7, 11) is 0. The molecule has 30 heavy (non-hydrogen) atoms. The van der Waals surface area contributed by atoms with E-state index in [9.17, 15) is 4.79 Å². The first-order valence-electron chi connectivity index (χ1n) is 9.05. The molecule has 0 aliphatic heterocycles. The summed E-state index contributed by atoms with van der Waals surface area (Å²) < 4.78 is 7.25. The van der Waals surface area contributed by atoms with Gasteiger partial charge < -0.3 is 10.1 Å². The monoisotopic (exact) mass is 396 g/mol. The molecule has 0 atom stereocenters. The quantitative estimate of drug-likeness (QED) is 0.549. The molecule has 0 spiro atoms. The number of carbonyl (C=O) groups excluding carboxylic acids is 1. The van der Waals surface area contributed by atoms with Crippen molar-refractivity contribution < 1.29 is 9.53 Å². The number of hydrogen-bond donors (Lipinski definition) is 1. The summed E-state index contributed by atoms with van der Waals surface area (Å²) in [5.41, 5.74) is 2.20. The summed E-state index contributed by atoms with van der Waals surface area (Å²) in [6.07, 6.45) is 4.69. The van der Waals surface area contributed by atoms with E-state index in [0.717, 1.165) is 0 Å². The molecule has 0 aliphatic carbocycles. The van der Waals surface area contributed by atoms with Crippen LogP contribution in [0.1, 0.15) is 21.6 Å². The highest BCUT2D eigenvalue weighted by molar-refractivity contribution is 6.04. The maximum Gasteiger partial charge on any atom is 0.259 e. The van der Waals surface area contributed by atoms with Crippen LogP contribution in [-0.4, -0.2) is 25.7 Å². The molecule has 4 aromatic rings. The topological polar surface area (TPSA) is 106 Å². The summed E-state index contributed by atoms with van der Waals surface area (Å²) >= 11 is 0. The molecule has 4 rings (SSSR count). The van der Waals surface area contributed by atoms with Crippen LogP contribution in [0.25, 0.3) is 5.82 Å². The summed E-state index contributed by atoms with van der Waals surface area (Å²) in [5.74, 6) is 1.28. The van der Waals surface area contributed by atoms with Crippen molar-refractivity contribution in [3.63, 3.8) is 0 Å². The largest absolute Gasteiger partial charge is 0.439 e. The Morgan fingerprint density at radius 3 is 2.57 bits per heavy atom. The van der Waals surface area contributed by atoms with Gasteiger partial charge in [-0.1, -0.05) is 6.07 Å². The van der Waals surface area contributed by atoms with Crippen LogP contribution in [0.15, 0.2) is 73.2 Å². The lowest BCUT2D eigenvalue weighted by atomic mass is 10.2. The van der Waals surface area contributed by atoms with E-state index in [1.54, 1.807) is 47.3 Å². The second kappa shape index (κ2) is 8.24. The minimum Gasteiger partial charge on any atom is -0.439 e. The molecule has 1 aromatic carbocycles. The van der Waals surface area contributed by atoms with Crippen LogP contribution in [-0.2, 0) is 0 Å². The molecule has 146 valence electrons. The van der Waals surface area contributed by atoms with E-state index >= 15 is 0 Å². The Balaban J connectivity index is 1.44. The number of anilines is 1. The van der Waals surface area contributed by atoms with Gasteiger partial charge in [0.25, 0.3) is 5.91 Å². The molecule has 3 aromatic heterocycles. The van der Waals surface area contributed by atoms with E-state index in [1.807, 2.05) is 25.1 Å². The van der Waals surface area contributed by atoms with Gasteiger partial charge in [0.1, 0.15) is 5.75 Å². The highest BCUT2D eigenvalue weighted by Gasteiger charge is 2.16. The molecule has 0 aliphatic rings. The van der Waals surface area contributed by atoms with Gasteiger partial charge in [0.05, 0.1) is 41.0 Å². The van der Waals surface area contributed by atoms with Gasteiger partial charge in [-0.2, -0.15) is 10.4 Å². The fraction of sp³-hybridized carbons (Fsp3) is 0.0455. The number of pyridine rings is 2. The summed E-state index contributed by atoms with van der Waals surface area (Å²) in [4.78, 5) is 21.1. The number of benzene rings is 1. The molecule has 0 saturated carbocycles. The number of nitrogens with one attached hydrogen (secondary N) is 1. The summed E-state index contributed by atoms with van der Waals surface area (Å²) in [6.45, 7) is 1.81. The lowest BCUT2D eigenvalue weighted by Gasteiger charge is -2.08. The number of amides is 1. The molecule has 3 heterocycles. The fourth-order valence-corrected chi connectivity index (χ4v) is 2.77. The predicted octanol–water partition coefficient (Wildman–Crippen LogP) is 3.89. The Morgan fingerprint density at radius 2 is 1.90 bits per heavy atom. The summed E-state index contributed by atoms with van der Waals surface area (Å²) in [6, 6.07) is 17.6. The van der Waals surface area contributed by atoms with E-state index in [4.69, 9.17) is 10.00 Å². The van der Waals surface area contributed by atoms with Gasteiger partial charge in [-0.3, -0.25) is 4.79 Å². The fourth-order valence-electron chi connectivity index (χ4n) is 2.77. The van der Waals surface area contributed by atoms with Gasteiger partial charge in [0.15, 0.2) is 5.82 Å².